The van der Waals surface area contributed by atoms with Gasteiger partial charge in [-0.3, -0.25) is 4.79 Å². The molecule has 0 saturated carbocycles. The van der Waals surface area contributed by atoms with Crippen LogP contribution in [0.25, 0.3) is 11.1 Å². The number of nitrogens with one attached hydrogen (secondary N) is 1. The molecule has 3 aromatic carbocycles. The van der Waals surface area contributed by atoms with Crippen LogP contribution in [0.1, 0.15) is 33.5 Å². The van der Waals surface area contributed by atoms with Gasteiger partial charge in [0, 0.05) is 5.56 Å². The Labute approximate surface area is 209 Å². The van der Waals surface area contributed by atoms with E-state index < -0.39 is 17.9 Å². The molecular weight excluding hydrogens is 465 g/mol. The van der Waals surface area contributed by atoms with Crippen LogP contribution in [-0.4, -0.2) is 41.6 Å². The Hall–Kier alpha value is -3.16. The number of halogens is 1. The van der Waals surface area contributed by atoms with Gasteiger partial charge < -0.3 is 15.2 Å². The van der Waals surface area contributed by atoms with Crippen LogP contribution in [-0.2, 0) is 22.6 Å². The number of carboxylic acid groups (broad SMARTS) is 1. The monoisotopic (exact) mass is 495 g/mol. The summed E-state index contributed by atoms with van der Waals surface area (Å²) >= 11 is 1.54. The van der Waals surface area contributed by atoms with Gasteiger partial charge in [0.15, 0.2) is 0 Å². The van der Waals surface area contributed by atoms with E-state index in [0.29, 0.717) is 37.4 Å². The second-order valence-electron chi connectivity index (χ2n) is 8.27. The van der Waals surface area contributed by atoms with Gasteiger partial charge in [0.25, 0.3) is 5.91 Å². The van der Waals surface area contributed by atoms with Crippen LogP contribution in [0.2, 0.25) is 0 Å². The molecule has 0 aliphatic heterocycles. The molecule has 0 bridgehead atoms. The van der Waals surface area contributed by atoms with Crippen LogP contribution in [0, 0.1) is 12.7 Å². The van der Waals surface area contributed by atoms with Crippen molar-refractivity contribution in [3.63, 3.8) is 0 Å². The first-order valence-corrected chi connectivity index (χ1v) is 12.8. The normalized spacial score (nSPS) is 11.7. The molecule has 1 amide bonds. The summed E-state index contributed by atoms with van der Waals surface area (Å²) in [5.74, 6) is -1.10. The number of thioether (sulfide) groups is 1. The predicted molar refractivity (Wildman–Crippen MR) is 138 cm³/mol. The fourth-order valence-corrected chi connectivity index (χ4v) is 4.25. The Kier molecular flexibility index (Phi) is 9.87. The van der Waals surface area contributed by atoms with E-state index in [1.165, 1.54) is 23.9 Å². The molecule has 3 rings (SSSR count). The van der Waals surface area contributed by atoms with Crippen LogP contribution < -0.4 is 5.32 Å². The summed E-state index contributed by atoms with van der Waals surface area (Å²) in [4.78, 5) is 24.8. The molecular formula is C28H30FNO4S. The summed E-state index contributed by atoms with van der Waals surface area (Å²) in [7, 11) is 0. The van der Waals surface area contributed by atoms with E-state index in [2.05, 4.69) is 5.32 Å². The van der Waals surface area contributed by atoms with E-state index in [1.807, 2.05) is 55.6 Å². The van der Waals surface area contributed by atoms with Crippen molar-refractivity contribution < 1.29 is 23.8 Å². The number of carbonyl (C=O) groups excluding carboxylic acids is 1. The fraction of sp³-hybridized carbons (Fsp3) is 0.286. The number of hydrogen-bond donors (Lipinski definition) is 2. The molecule has 2 N–H and O–H groups in total. The Morgan fingerprint density at radius 1 is 1.03 bits per heavy atom. The fourth-order valence-electron chi connectivity index (χ4n) is 3.78. The summed E-state index contributed by atoms with van der Waals surface area (Å²) in [5.41, 5.74) is 4.79. The minimum atomic E-state index is -1.05. The van der Waals surface area contributed by atoms with Crippen molar-refractivity contribution in [2.24, 2.45) is 0 Å². The van der Waals surface area contributed by atoms with Crippen LogP contribution in [0.3, 0.4) is 0 Å². The first-order chi connectivity index (χ1) is 16.9. The van der Waals surface area contributed by atoms with E-state index in [0.717, 1.165) is 27.8 Å². The average molecular weight is 496 g/mol. The minimum absolute atomic E-state index is 0.266. The molecule has 184 valence electrons. The highest BCUT2D eigenvalue weighted by Gasteiger charge is 2.22. The molecule has 0 aliphatic rings. The third kappa shape index (κ3) is 7.67. The summed E-state index contributed by atoms with van der Waals surface area (Å²) in [6.45, 7) is 2.74. The van der Waals surface area contributed by atoms with E-state index in [9.17, 15) is 19.1 Å². The quantitative estimate of drug-likeness (QED) is 0.325. The molecule has 0 aliphatic carbocycles. The Bertz CT molecular complexity index is 1170. The Morgan fingerprint density at radius 3 is 2.54 bits per heavy atom. The number of ether oxygens (including phenoxy) is 1. The number of aliphatic carboxylic acids is 1. The molecule has 5 nitrogen and oxygen atoms in total. The third-order valence-corrected chi connectivity index (χ3v) is 6.31. The topological polar surface area (TPSA) is 75.6 Å². The molecule has 0 aromatic heterocycles. The number of rotatable bonds is 12. The summed E-state index contributed by atoms with van der Waals surface area (Å²) in [6.07, 6.45) is 2.84. The lowest BCUT2D eigenvalue weighted by atomic mass is 9.93. The molecule has 1 atom stereocenters. The van der Waals surface area contributed by atoms with Gasteiger partial charge in [-0.05, 0) is 83.9 Å². The second-order valence-corrected chi connectivity index (χ2v) is 9.26. The van der Waals surface area contributed by atoms with Crippen LogP contribution in [0.5, 0.6) is 0 Å². The molecule has 7 heteroatoms. The zero-order valence-corrected chi connectivity index (χ0v) is 20.7. The third-order valence-electron chi connectivity index (χ3n) is 5.67. The number of carboxylic acids is 1. The maximum atomic E-state index is 13.4. The van der Waals surface area contributed by atoms with Gasteiger partial charge in [-0.15, -0.1) is 0 Å². The Balaban J connectivity index is 1.78. The lowest BCUT2D eigenvalue weighted by Crippen LogP contribution is -2.41. The predicted octanol–water partition coefficient (Wildman–Crippen LogP) is 5.50. The van der Waals surface area contributed by atoms with Gasteiger partial charge >= 0.3 is 5.97 Å². The zero-order valence-electron chi connectivity index (χ0n) is 19.9. The average Bonchev–Trinajstić information content (AvgIpc) is 2.84. The molecule has 0 unspecified atom stereocenters. The van der Waals surface area contributed by atoms with Gasteiger partial charge in [0.1, 0.15) is 11.9 Å². The number of hydrogen-bond acceptors (Lipinski definition) is 4. The van der Waals surface area contributed by atoms with Crippen molar-refractivity contribution in [2.45, 2.75) is 32.4 Å². The SMILES string of the molecule is CSCC[C@H](NC(=O)c1ccc(COCCc2cccc(F)c2)cc1-c1ccccc1C)C(=O)O. The smallest absolute Gasteiger partial charge is 0.326 e. The molecule has 0 radical (unpaired) electrons. The molecule has 35 heavy (non-hydrogen) atoms. The van der Waals surface area contributed by atoms with Crippen molar-refractivity contribution in [3.05, 3.63) is 94.8 Å². The number of benzene rings is 3. The lowest BCUT2D eigenvalue weighted by molar-refractivity contribution is -0.139. The molecule has 0 spiro atoms. The van der Waals surface area contributed by atoms with E-state index in [-0.39, 0.29) is 5.82 Å². The molecule has 0 heterocycles. The second kappa shape index (κ2) is 13.1. The number of carbonyl (C=O) groups is 2. The van der Waals surface area contributed by atoms with Crippen molar-refractivity contribution in [2.75, 3.05) is 18.6 Å². The standard InChI is InChI=1S/C28H30FNO4S/c1-19-6-3-4-9-23(19)25-17-21(18-34-14-12-20-7-5-8-22(29)16-20)10-11-24(25)27(31)30-26(28(32)33)13-15-35-2/h3-11,16-17,26H,12-15,18H2,1-2H3,(H,30,31)(H,32,33)/t26-/m0/s1. The summed E-state index contributed by atoms with van der Waals surface area (Å²) < 4.78 is 19.2. The summed E-state index contributed by atoms with van der Waals surface area (Å²) in [5, 5.41) is 12.2. The maximum absolute atomic E-state index is 13.4. The molecule has 3 aromatic rings. The van der Waals surface area contributed by atoms with Crippen molar-refractivity contribution >= 4 is 23.6 Å². The lowest BCUT2D eigenvalue weighted by Gasteiger charge is -2.17. The van der Waals surface area contributed by atoms with Gasteiger partial charge in [-0.25, -0.2) is 9.18 Å². The highest BCUT2D eigenvalue weighted by molar-refractivity contribution is 7.98. The van der Waals surface area contributed by atoms with E-state index in [1.54, 1.807) is 12.1 Å². The van der Waals surface area contributed by atoms with Crippen molar-refractivity contribution in [1.82, 2.24) is 5.32 Å². The highest BCUT2D eigenvalue weighted by atomic mass is 32.2. The van der Waals surface area contributed by atoms with E-state index in [4.69, 9.17) is 4.74 Å². The Morgan fingerprint density at radius 2 is 1.83 bits per heavy atom. The number of amides is 1. The van der Waals surface area contributed by atoms with Gasteiger partial charge in [-0.2, -0.15) is 11.8 Å². The van der Waals surface area contributed by atoms with Crippen LogP contribution in [0.15, 0.2) is 66.7 Å². The maximum Gasteiger partial charge on any atom is 0.326 e. The van der Waals surface area contributed by atoms with Crippen molar-refractivity contribution in [1.29, 1.82) is 0 Å². The first kappa shape index (κ1) is 26.4. The summed E-state index contributed by atoms with van der Waals surface area (Å²) in [6, 6.07) is 18.7. The number of aryl methyl sites for hydroxylation is 1. The van der Waals surface area contributed by atoms with Gasteiger partial charge in [0.2, 0.25) is 0 Å². The largest absolute Gasteiger partial charge is 0.480 e. The highest BCUT2D eigenvalue weighted by Crippen LogP contribution is 2.28. The van der Waals surface area contributed by atoms with Gasteiger partial charge in [-0.1, -0.05) is 42.5 Å². The van der Waals surface area contributed by atoms with Crippen LogP contribution >= 0.6 is 11.8 Å². The van der Waals surface area contributed by atoms with E-state index >= 15 is 0 Å². The van der Waals surface area contributed by atoms with Gasteiger partial charge in [0.05, 0.1) is 13.2 Å². The minimum Gasteiger partial charge on any atom is -0.480 e. The molecule has 0 saturated heterocycles. The molecule has 0 fully saturated rings. The van der Waals surface area contributed by atoms with Crippen molar-refractivity contribution in [3.8, 4) is 11.1 Å². The zero-order chi connectivity index (χ0) is 25.2. The van der Waals surface area contributed by atoms with Crippen LogP contribution in [0.4, 0.5) is 4.39 Å². The first-order valence-electron chi connectivity index (χ1n) is 11.4.